The van der Waals surface area contributed by atoms with Gasteiger partial charge < -0.3 is 0 Å². The van der Waals surface area contributed by atoms with E-state index in [-0.39, 0.29) is 0 Å². The van der Waals surface area contributed by atoms with E-state index in [4.69, 9.17) is 0 Å². The molecule has 0 aromatic heterocycles. The Morgan fingerprint density at radius 2 is 2.00 bits per heavy atom. The molecule has 0 N–H and O–H groups in total. The number of unbranched alkanes of at least 4 members (excludes halogenated alkanes) is 1. The van der Waals surface area contributed by atoms with Gasteiger partial charge in [0.25, 0.3) is 0 Å². The van der Waals surface area contributed by atoms with E-state index in [1.165, 1.54) is 77.0 Å². The van der Waals surface area contributed by atoms with Crippen LogP contribution in [0.15, 0.2) is 47.6 Å². The lowest BCUT2D eigenvalue weighted by molar-refractivity contribution is 0.117. The Morgan fingerprint density at radius 1 is 1.18 bits per heavy atom. The van der Waals surface area contributed by atoms with E-state index in [9.17, 15) is 0 Å². The number of allylic oxidation sites excluding steroid dienone is 6. The molecule has 0 aromatic carbocycles. The van der Waals surface area contributed by atoms with Crippen LogP contribution in [0.5, 0.6) is 0 Å². The first-order valence-electron chi connectivity index (χ1n) is 12.2. The molecule has 4 aliphatic carbocycles. The van der Waals surface area contributed by atoms with Gasteiger partial charge in [0.2, 0.25) is 0 Å². The quantitative estimate of drug-likeness (QED) is 0.406. The minimum Gasteiger partial charge on any atom is -0.103 e. The van der Waals surface area contributed by atoms with Crippen LogP contribution in [0.2, 0.25) is 0 Å². The monoisotopic (exact) mass is 378 g/mol. The van der Waals surface area contributed by atoms with Crippen molar-refractivity contribution in [3.8, 4) is 0 Å². The lowest BCUT2D eigenvalue weighted by atomic mass is 9.53. The summed E-state index contributed by atoms with van der Waals surface area (Å²) in [6.45, 7) is 16.1. The molecule has 0 heterocycles. The topological polar surface area (TPSA) is 0 Å². The van der Waals surface area contributed by atoms with Crippen LogP contribution < -0.4 is 0 Å². The minimum atomic E-state index is 0.379. The number of fused-ring (bicyclic) bond motifs is 4. The summed E-state index contributed by atoms with van der Waals surface area (Å²) in [4.78, 5) is 0. The lowest BCUT2D eigenvalue weighted by Crippen LogP contribution is -2.42. The molecule has 5 atom stereocenters. The summed E-state index contributed by atoms with van der Waals surface area (Å²) in [5.41, 5.74) is 7.76. The maximum absolute atomic E-state index is 4.58. The third-order valence-electron chi connectivity index (χ3n) is 9.20. The number of hydrogen-bond acceptors (Lipinski definition) is 0. The summed E-state index contributed by atoms with van der Waals surface area (Å²) in [7, 11) is 0. The molecule has 0 saturated heterocycles. The van der Waals surface area contributed by atoms with Gasteiger partial charge in [0.1, 0.15) is 0 Å². The van der Waals surface area contributed by atoms with Gasteiger partial charge in [-0.1, -0.05) is 69.9 Å². The van der Waals surface area contributed by atoms with Gasteiger partial charge in [-0.15, -0.1) is 6.58 Å². The van der Waals surface area contributed by atoms with Crippen LogP contribution in [-0.2, 0) is 0 Å². The Balaban J connectivity index is 1.68. The second-order valence-electron chi connectivity index (χ2n) is 10.7. The molecular weight excluding hydrogens is 336 g/mol. The second-order valence-corrected chi connectivity index (χ2v) is 10.7. The van der Waals surface area contributed by atoms with Crippen LogP contribution in [0.25, 0.3) is 0 Å². The van der Waals surface area contributed by atoms with Crippen LogP contribution in [-0.4, -0.2) is 0 Å². The lowest BCUT2D eigenvalue weighted by Gasteiger charge is -2.52. The van der Waals surface area contributed by atoms with Crippen molar-refractivity contribution in [3.05, 3.63) is 47.6 Å². The van der Waals surface area contributed by atoms with E-state index in [0.717, 1.165) is 17.8 Å². The van der Waals surface area contributed by atoms with Crippen LogP contribution in [0.1, 0.15) is 97.8 Å². The van der Waals surface area contributed by atoms with E-state index >= 15 is 0 Å². The van der Waals surface area contributed by atoms with Crippen LogP contribution in [0.4, 0.5) is 0 Å². The van der Waals surface area contributed by atoms with E-state index in [2.05, 4.69) is 46.1 Å². The van der Waals surface area contributed by atoms with Gasteiger partial charge >= 0.3 is 0 Å². The molecule has 4 unspecified atom stereocenters. The fraction of sp³-hybridized carbons (Fsp3) is 0.714. The van der Waals surface area contributed by atoms with Gasteiger partial charge in [-0.05, 0) is 97.5 Å². The van der Waals surface area contributed by atoms with Gasteiger partial charge in [-0.25, -0.2) is 0 Å². The molecule has 0 aromatic rings. The molecule has 28 heavy (non-hydrogen) atoms. The summed E-state index contributed by atoms with van der Waals surface area (Å²) < 4.78 is 0. The third-order valence-corrected chi connectivity index (χ3v) is 9.20. The summed E-state index contributed by atoms with van der Waals surface area (Å²) in [6.07, 6.45) is 20.8. The van der Waals surface area contributed by atoms with Gasteiger partial charge in [0, 0.05) is 0 Å². The normalized spacial score (nSPS) is 39.9. The smallest absolute Gasteiger partial charge is 0.00220 e. The Bertz CT molecular complexity index is 704. The van der Waals surface area contributed by atoms with E-state index in [1.54, 1.807) is 22.3 Å². The standard InChI is InChI=1S/C28H42/c1-6-9-15-27(8-3)16-12-23-22(19-27)18-20(4)26-24(23)13-17-28(14-7-2)21(5)10-11-25(26)28/h8,13,20,25-26H,3,5-7,9-12,14-19H2,1-2,4H3/t20-,25?,26?,27?,28?/m1/s1. The fourth-order valence-electron chi connectivity index (χ4n) is 7.77. The average molecular weight is 379 g/mol. The van der Waals surface area contributed by atoms with Crippen molar-refractivity contribution in [3.63, 3.8) is 0 Å². The predicted octanol–water partition coefficient (Wildman–Crippen LogP) is 8.57. The van der Waals surface area contributed by atoms with Crippen molar-refractivity contribution in [2.45, 2.75) is 97.8 Å². The van der Waals surface area contributed by atoms with Crippen molar-refractivity contribution in [1.29, 1.82) is 0 Å². The van der Waals surface area contributed by atoms with Crippen LogP contribution in [0, 0.1) is 28.6 Å². The largest absolute Gasteiger partial charge is 0.103 e. The molecule has 0 amide bonds. The second kappa shape index (κ2) is 7.66. The molecule has 0 nitrogen and oxygen atoms in total. The van der Waals surface area contributed by atoms with Gasteiger partial charge in [-0.2, -0.15) is 0 Å². The molecule has 0 radical (unpaired) electrons. The first kappa shape index (κ1) is 20.2. The predicted molar refractivity (Wildman–Crippen MR) is 122 cm³/mol. The van der Waals surface area contributed by atoms with Gasteiger partial charge in [0.05, 0.1) is 0 Å². The molecular formula is C28H42. The van der Waals surface area contributed by atoms with Crippen molar-refractivity contribution < 1.29 is 0 Å². The molecule has 0 heteroatoms. The van der Waals surface area contributed by atoms with E-state index in [1.807, 2.05) is 0 Å². The zero-order chi connectivity index (χ0) is 19.9. The Morgan fingerprint density at radius 3 is 2.71 bits per heavy atom. The van der Waals surface area contributed by atoms with Crippen molar-refractivity contribution >= 4 is 0 Å². The SMILES string of the molecule is C=CC1(CCCC)CCC2=C(C[C@@H](C)C3C2=CCC2(CCC)C(=C)CCC32)C1. The summed E-state index contributed by atoms with van der Waals surface area (Å²) in [5.74, 6) is 2.45. The van der Waals surface area contributed by atoms with Crippen LogP contribution in [0.3, 0.4) is 0 Å². The molecule has 4 rings (SSSR count). The fourth-order valence-corrected chi connectivity index (χ4v) is 7.77. The Kier molecular flexibility index (Phi) is 5.54. The molecule has 0 spiro atoms. The zero-order valence-electron chi connectivity index (χ0n) is 18.8. The minimum absolute atomic E-state index is 0.379. The number of hydrogen-bond donors (Lipinski definition) is 0. The van der Waals surface area contributed by atoms with Crippen molar-refractivity contribution in [1.82, 2.24) is 0 Å². The first-order chi connectivity index (χ1) is 13.5. The molecule has 1 saturated carbocycles. The average Bonchev–Trinajstić information content (AvgIpc) is 3.02. The highest BCUT2D eigenvalue weighted by Crippen LogP contribution is 2.64. The maximum atomic E-state index is 4.58. The van der Waals surface area contributed by atoms with E-state index in [0.29, 0.717) is 10.8 Å². The summed E-state index contributed by atoms with van der Waals surface area (Å²) in [6, 6.07) is 0. The van der Waals surface area contributed by atoms with Gasteiger partial charge in [0.15, 0.2) is 0 Å². The Labute approximate surface area is 174 Å². The molecule has 0 aliphatic heterocycles. The Hall–Kier alpha value is -1.04. The van der Waals surface area contributed by atoms with Crippen molar-refractivity contribution in [2.24, 2.45) is 28.6 Å². The first-order valence-corrected chi connectivity index (χ1v) is 12.2. The summed E-state index contributed by atoms with van der Waals surface area (Å²) >= 11 is 0. The molecule has 4 aliphatic rings. The molecule has 154 valence electrons. The molecule has 0 bridgehead atoms. The van der Waals surface area contributed by atoms with Crippen LogP contribution >= 0.6 is 0 Å². The highest BCUT2D eigenvalue weighted by atomic mass is 14.6. The van der Waals surface area contributed by atoms with Crippen molar-refractivity contribution in [2.75, 3.05) is 0 Å². The van der Waals surface area contributed by atoms with Gasteiger partial charge in [-0.3, -0.25) is 0 Å². The number of rotatable bonds is 6. The highest BCUT2D eigenvalue weighted by Gasteiger charge is 2.53. The third kappa shape index (κ3) is 3.01. The highest BCUT2D eigenvalue weighted by molar-refractivity contribution is 5.47. The summed E-state index contributed by atoms with van der Waals surface area (Å²) in [5, 5.41) is 0. The molecule has 1 fully saturated rings. The maximum Gasteiger partial charge on any atom is -0.00220 e. The van der Waals surface area contributed by atoms with E-state index < -0.39 is 0 Å². The zero-order valence-corrected chi connectivity index (χ0v) is 18.8.